The van der Waals surface area contributed by atoms with E-state index in [0.717, 1.165) is 44.2 Å². The van der Waals surface area contributed by atoms with Crippen molar-refractivity contribution in [3.8, 4) is 17.1 Å². The van der Waals surface area contributed by atoms with E-state index < -0.39 is 0 Å². The van der Waals surface area contributed by atoms with Gasteiger partial charge in [0.25, 0.3) is 0 Å². The fourth-order valence-corrected chi connectivity index (χ4v) is 4.61. The summed E-state index contributed by atoms with van der Waals surface area (Å²) in [6.45, 7) is 8.17. The molecule has 172 valence electrons. The Kier molecular flexibility index (Phi) is 7.54. The van der Waals surface area contributed by atoms with Crippen molar-refractivity contribution in [1.29, 1.82) is 0 Å². The molecule has 2 aromatic heterocycles. The zero-order chi connectivity index (χ0) is 23.9. The molecule has 0 saturated carbocycles. The van der Waals surface area contributed by atoms with Crippen molar-refractivity contribution in [2.24, 2.45) is 10.9 Å². The van der Waals surface area contributed by atoms with Crippen molar-refractivity contribution in [2.45, 2.75) is 13.8 Å². The molecule has 0 spiro atoms. The van der Waals surface area contributed by atoms with Crippen molar-refractivity contribution in [3.63, 3.8) is 0 Å². The number of pyridine rings is 1. The molecule has 2 heterocycles. The highest BCUT2D eigenvalue weighted by atomic mass is 32.2. The van der Waals surface area contributed by atoms with Crippen LogP contribution in [0.5, 0.6) is 5.75 Å². The lowest BCUT2D eigenvalue weighted by atomic mass is 10.1. The topological polar surface area (TPSA) is 72.3 Å². The number of hydrogen-bond acceptors (Lipinski definition) is 7. The van der Waals surface area contributed by atoms with Crippen molar-refractivity contribution in [2.75, 3.05) is 18.3 Å². The van der Waals surface area contributed by atoms with E-state index in [1.54, 1.807) is 31.3 Å². The first-order valence-corrected chi connectivity index (χ1v) is 12.0. The first-order chi connectivity index (χ1) is 16.6. The van der Waals surface area contributed by atoms with Gasteiger partial charge in [-0.1, -0.05) is 44.2 Å². The summed E-state index contributed by atoms with van der Waals surface area (Å²) in [5.74, 6) is 3.02. The van der Waals surface area contributed by atoms with E-state index in [2.05, 4.69) is 48.0 Å². The van der Waals surface area contributed by atoms with E-state index in [1.165, 1.54) is 0 Å². The third-order valence-electron chi connectivity index (χ3n) is 5.25. The Morgan fingerprint density at radius 2 is 1.91 bits per heavy atom. The predicted molar refractivity (Wildman–Crippen MR) is 143 cm³/mol. The van der Waals surface area contributed by atoms with Crippen LogP contribution in [0.2, 0.25) is 0 Å². The Morgan fingerprint density at radius 1 is 1.09 bits per heavy atom. The van der Waals surface area contributed by atoms with Crippen molar-refractivity contribution >= 4 is 40.9 Å². The molecule has 4 rings (SSSR count). The minimum Gasteiger partial charge on any atom is -0.497 e. The smallest absolute Gasteiger partial charge is 0.163 e. The van der Waals surface area contributed by atoms with Crippen LogP contribution in [0.4, 0.5) is 5.82 Å². The molecule has 0 aliphatic rings. The fourth-order valence-electron chi connectivity index (χ4n) is 3.59. The number of anilines is 1. The highest BCUT2D eigenvalue weighted by Crippen LogP contribution is 2.34. The standard InChI is InChI=1S/C27H27N5OS/c1-18(2)25(24(28-3)19-9-6-5-7-10-19)34-17-30-27-22-15-21(33-4)12-13-23(22)31-26(32-27)20-11-8-14-29-16-20/h5-16,18H,3,17H2,1-2,4H3,(H,30,31,32)/b25-24-. The largest absolute Gasteiger partial charge is 0.497 e. The highest BCUT2D eigenvalue weighted by Gasteiger charge is 2.15. The molecule has 34 heavy (non-hydrogen) atoms. The number of rotatable bonds is 9. The Hall–Kier alpha value is -3.71. The van der Waals surface area contributed by atoms with Gasteiger partial charge in [-0.05, 0) is 43.0 Å². The van der Waals surface area contributed by atoms with Crippen molar-refractivity contribution in [1.82, 2.24) is 15.0 Å². The van der Waals surface area contributed by atoms with Crippen LogP contribution in [0, 0.1) is 5.92 Å². The Balaban J connectivity index is 1.68. The lowest BCUT2D eigenvalue weighted by molar-refractivity contribution is 0.415. The normalized spacial score (nSPS) is 11.9. The lowest BCUT2D eigenvalue weighted by Crippen LogP contribution is -2.06. The van der Waals surface area contributed by atoms with Gasteiger partial charge in [0.2, 0.25) is 0 Å². The fraction of sp³-hybridized carbons (Fsp3) is 0.185. The summed E-state index contributed by atoms with van der Waals surface area (Å²) in [7, 11) is 1.65. The molecule has 0 unspecified atom stereocenters. The summed E-state index contributed by atoms with van der Waals surface area (Å²) < 4.78 is 5.44. The summed E-state index contributed by atoms with van der Waals surface area (Å²) >= 11 is 1.70. The Bertz CT molecular complexity index is 1310. The molecule has 4 aromatic rings. The molecule has 0 aliphatic carbocycles. The minimum atomic E-state index is 0.292. The number of fused-ring (bicyclic) bond motifs is 1. The molecule has 0 aliphatic heterocycles. The summed E-state index contributed by atoms with van der Waals surface area (Å²) in [5, 5.41) is 4.40. The van der Waals surface area contributed by atoms with Gasteiger partial charge < -0.3 is 10.1 Å². The van der Waals surface area contributed by atoms with Gasteiger partial charge in [0, 0.05) is 33.8 Å². The first kappa shape index (κ1) is 23.4. The average molecular weight is 470 g/mol. The van der Waals surface area contributed by atoms with Gasteiger partial charge in [0.05, 0.1) is 24.2 Å². The molecular weight excluding hydrogens is 442 g/mol. The summed E-state index contributed by atoms with van der Waals surface area (Å²) in [4.78, 5) is 19.3. The predicted octanol–water partition coefficient (Wildman–Crippen LogP) is 6.53. The van der Waals surface area contributed by atoms with Crippen LogP contribution >= 0.6 is 11.8 Å². The second kappa shape index (κ2) is 10.9. The molecule has 6 nitrogen and oxygen atoms in total. The minimum absolute atomic E-state index is 0.292. The summed E-state index contributed by atoms with van der Waals surface area (Å²) in [6.07, 6.45) is 3.51. The van der Waals surface area contributed by atoms with E-state index in [4.69, 9.17) is 14.7 Å². The molecule has 1 N–H and O–H groups in total. The number of thioether (sulfide) groups is 1. The molecule has 0 radical (unpaired) electrons. The first-order valence-electron chi connectivity index (χ1n) is 11.0. The third kappa shape index (κ3) is 5.26. The molecule has 0 bridgehead atoms. The SMILES string of the molecule is C=N/C(=C(\SCNc1nc(-c2cccnc2)nc2ccc(OC)cc12)C(C)C)c1ccccc1. The number of methoxy groups -OCH3 is 1. The lowest BCUT2D eigenvalue weighted by Gasteiger charge is -2.17. The van der Waals surface area contributed by atoms with Crippen LogP contribution in [0.3, 0.4) is 0 Å². The van der Waals surface area contributed by atoms with Crippen LogP contribution in [0.25, 0.3) is 28.0 Å². The van der Waals surface area contributed by atoms with E-state index >= 15 is 0 Å². The maximum absolute atomic E-state index is 5.44. The van der Waals surface area contributed by atoms with Crippen LogP contribution < -0.4 is 10.1 Å². The number of benzene rings is 2. The van der Waals surface area contributed by atoms with Gasteiger partial charge >= 0.3 is 0 Å². The highest BCUT2D eigenvalue weighted by molar-refractivity contribution is 8.03. The third-order valence-corrected chi connectivity index (χ3v) is 6.52. The number of aromatic nitrogens is 3. The van der Waals surface area contributed by atoms with Crippen molar-refractivity contribution < 1.29 is 4.74 Å². The van der Waals surface area contributed by atoms with Gasteiger partial charge in [-0.25, -0.2) is 9.97 Å². The molecule has 0 fully saturated rings. The van der Waals surface area contributed by atoms with Gasteiger partial charge in [-0.2, -0.15) is 0 Å². The van der Waals surface area contributed by atoms with Gasteiger partial charge in [0.1, 0.15) is 11.6 Å². The van der Waals surface area contributed by atoms with E-state index in [0.29, 0.717) is 17.6 Å². The van der Waals surface area contributed by atoms with Crippen LogP contribution in [-0.4, -0.2) is 34.7 Å². The Labute approximate surface area is 204 Å². The van der Waals surface area contributed by atoms with Crippen LogP contribution in [-0.2, 0) is 0 Å². The van der Waals surface area contributed by atoms with Crippen molar-refractivity contribution in [3.05, 3.63) is 83.5 Å². The van der Waals surface area contributed by atoms with Gasteiger partial charge in [-0.3, -0.25) is 9.98 Å². The Morgan fingerprint density at radius 3 is 2.59 bits per heavy atom. The molecule has 2 aromatic carbocycles. The number of hydrogen-bond donors (Lipinski definition) is 1. The number of nitrogens with one attached hydrogen (secondary N) is 1. The van der Waals surface area contributed by atoms with Crippen LogP contribution in [0.15, 0.2) is 83.0 Å². The number of nitrogens with zero attached hydrogens (tertiary/aromatic N) is 4. The summed E-state index contributed by atoms with van der Waals surface area (Å²) in [5.41, 5.74) is 3.66. The molecule has 0 saturated heterocycles. The van der Waals surface area contributed by atoms with Gasteiger partial charge in [-0.15, -0.1) is 11.8 Å². The van der Waals surface area contributed by atoms with E-state index in [9.17, 15) is 0 Å². The quantitative estimate of drug-likeness (QED) is 0.222. The molecule has 7 heteroatoms. The average Bonchev–Trinajstić information content (AvgIpc) is 2.88. The van der Waals surface area contributed by atoms with Crippen LogP contribution in [0.1, 0.15) is 19.4 Å². The number of ether oxygens (including phenoxy) is 1. The zero-order valence-corrected chi connectivity index (χ0v) is 20.3. The molecule has 0 amide bonds. The zero-order valence-electron chi connectivity index (χ0n) is 19.5. The second-order valence-electron chi connectivity index (χ2n) is 7.88. The summed E-state index contributed by atoms with van der Waals surface area (Å²) in [6, 6.07) is 19.8. The molecule has 0 atom stereocenters. The number of aliphatic imine (C=N–C) groups is 1. The maximum Gasteiger partial charge on any atom is 0.163 e. The monoisotopic (exact) mass is 469 g/mol. The van der Waals surface area contributed by atoms with E-state index in [-0.39, 0.29) is 0 Å². The number of allylic oxidation sites excluding steroid dienone is 1. The molecular formula is C27H27N5OS. The second-order valence-corrected chi connectivity index (χ2v) is 8.89. The van der Waals surface area contributed by atoms with E-state index in [1.807, 2.05) is 48.5 Å². The maximum atomic E-state index is 5.44. The van der Waals surface area contributed by atoms with Gasteiger partial charge in [0.15, 0.2) is 5.82 Å².